The van der Waals surface area contributed by atoms with Gasteiger partial charge in [-0.3, -0.25) is 14.5 Å². The summed E-state index contributed by atoms with van der Waals surface area (Å²) in [5.74, 6) is -0.301. The molecule has 0 unspecified atom stereocenters. The van der Waals surface area contributed by atoms with Gasteiger partial charge in [0.05, 0.1) is 17.0 Å². The molecular weight excluding hydrogens is 422 g/mol. The predicted octanol–water partition coefficient (Wildman–Crippen LogP) is 5.31. The highest BCUT2D eigenvalue weighted by atomic mass is 32.1. The molecule has 1 aliphatic heterocycles. The first-order chi connectivity index (χ1) is 15.1. The molecule has 0 N–H and O–H groups in total. The van der Waals surface area contributed by atoms with Gasteiger partial charge in [-0.15, -0.1) is 10.2 Å². The topological polar surface area (TPSA) is 76.3 Å². The molecule has 0 aliphatic carbocycles. The van der Waals surface area contributed by atoms with Crippen LogP contribution in [0.1, 0.15) is 64.6 Å². The molecule has 1 aliphatic rings. The van der Waals surface area contributed by atoms with Gasteiger partial charge in [0.15, 0.2) is 5.43 Å². The van der Waals surface area contributed by atoms with Gasteiger partial charge in [-0.25, -0.2) is 0 Å². The van der Waals surface area contributed by atoms with E-state index in [1.165, 1.54) is 21.8 Å². The normalized spacial score (nSPS) is 16.1. The zero-order valence-electron chi connectivity index (χ0n) is 18.6. The molecule has 0 fully saturated rings. The third kappa shape index (κ3) is 3.15. The van der Waals surface area contributed by atoms with Crippen LogP contribution < -0.4 is 10.3 Å². The largest absolute Gasteiger partial charge is 0.450 e. The van der Waals surface area contributed by atoms with Gasteiger partial charge in [-0.2, -0.15) is 0 Å². The number of aromatic nitrogens is 2. The molecule has 6 nitrogen and oxygen atoms in total. The minimum atomic E-state index is -0.625. The number of hydrogen-bond donors (Lipinski definition) is 0. The Bertz CT molecular complexity index is 1430. The number of amides is 1. The first-order valence-corrected chi connectivity index (χ1v) is 11.3. The van der Waals surface area contributed by atoms with Crippen molar-refractivity contribution in [3.05, 3.63) is 85.7 Å². The fraction of sp³-hybridized carbons (Fsp3) is 0.280. The van der Waals surface area contributed by atoms with E-state index in [0.29, 0.717) is 21.7 Å². The van der Waals surface area contributed by atoms with Gasteiger partial charge in [-0.1, -0.05) is 68.0 Å². The Morgan fingerprint density at radius 2 is 1.72 bits per heavy atom. The summed E-state index contributed by atoms with van der Waals surface area (Å²) in [6.45, 7) is 10.2. The van der Waals surface area contributed by atoms with Crippen LogP contribution in [-0.4, -0.2) is 16.1 Å². The second kappa shape index (κ2) is 7.10. The van der Waals surface area contributed by atoms with Gasteiger partial charge < -0.3 is 4.42 Å². The summed E-state index contributed by atoms with van der Waals surface area (Å²) in [4.78, 5) is 28.7. The summed E-state index contributed by atoms with van der Waals surface area (Å²) in [7, 11) is 0. The zero-order chi connectivity index (χ0) is 22.8. The van der Waals surface area contributed by atoms with Crippen LogP contribution in [0.25, 0.3) is 11.0 Å². The van der Waals surface area contributed by atoms with Crippen LogP contribution in [0.5, 0.6) is 0 Å². The van der Waals surface area contributed by atoms with E-state index < -0.39 is 6.04 Å². The molecule has 7 heteroatoms. The minimum Gasteiger partial charge on any atom is -0.450 e. The van der Waals surface area contributed by atoms with E-state index in [1.54, 1.807) is 6.07 Å². The van der Waals surface area contributed by atoms with Gasteiger partial charge in [0, 0.05) is 0 Å². The summed E-state index contributed by atoms with van der Waals surface area (Å²) >= 11 is 1.32. The standard InChI is InChI=1S/C25H23N3O3S/c1-13-6-11-18-17(12-13)21(29)19-20(15-7-9-16(10-8-15)25(3,4)5)28(23(30)22(19)31-18)24-27-26-14(2)32-24/h6-12,20H,1-5H3/t20-/m1/s1. The van der Waals surface area contributed by atoms with Crippen LogP contribution in [0.3, 0.4) is 0 Å². The minimum absolute atomic E-state index is 0.00921. The smallest absolute Gasteiger partial charge is 0.297 e. The van der Waals surface area contributed by atoms with Crippen molar-refractivity contribution in [2.24, 2.45) is 0 Å². The lowest BCUT2D eigenvalue weighted by Gasteiger charge is -2.24. The second-order valence-corrected chi connectivity index (χ2v) is 10.4. The van der Waals surface area contributed by atoms with Gasteiger partial charge >= 0.3 is 0 Å². The highest BCUT2D eigenvalue weighted by molar-refractivity contribution is 7.15. The fourth-order valence-corrected chi connectivity index (χ4v) is 4.86. The van der Waals surface area contributed by atoms with Crippen molar-refractivity contribution in [2.75, 3.05) is 4.90 Å². The average molecular weight is 446 g/mol. The Labute approximate surface area is 189 Å². The average Bonchev–Trinajstić information content (AvgIpc) is 3.29. The van der Waals surface area contributed by atoms with E-state index in [2.05, 4.69) is 31.0 Å². The molecule has 1 atom stereocenters. The van der Waals surface area contributed by atoms with E-state index in [1.807, 2.05) is 50.2 Å². The monoisotopic (exact) mass is 445 g/mol. The van der Waals surface area contributed by atoms with E-state index >= 15 is 0 Å². The van der Waals surface area contributed by atoms with Crippen molar-refractivity contribution in [1.29, 1.82) is 0 Å². The number of nitrogens with zero attached hydrogens (tertiary/aromatic N) is 3. The number of benzene rings is 2. The summed E-state index contributed by atoms with van der Waals surface area (Å²) in [5, 5.41) is 9.96. The molecular formula is C25H23N3O3S. The molecule has 1 amide bonds. The lowest BCUT2D eigenvalue weighted by atomic mass is 9.86. The van der Waals surface area contributed by atoms with Crippen LogP contribution >= 0.6 is 11.3 Å². The Balaban J connectivity index is 1.77. The molecule has 0 saturated heterocycles. The second-order valence-electron chi connectivity index (χ2n) is 9.23. The third-order valence-electron chi connectivity index (χ3n) is 5.84. The van der Waals surface area contributed by atoms with Gasteiger partial charge in [0.2, 0.25) is 10.9 Å². The van der Waals surface area contributed by atoms with E-state index in [4.69, 9.17) is 4.42 Å². The molecule has 5 rings (SSSR count). The van der Waals surface area contributed by atoms with Crippen molar-refractivity contribution < 1.29 is 9.21 Å². The van der Waals surface area contributed by atoms with Crippen molar-refractivity contribution in [3.63, 3.8) is 0 Å². The van der Waals surface area contributed by atoms with E-state index in [0.717, 1.165) is 16.1 Å². The number of carbonyl (C=O) groups is 1. The number of aryl methyl sites for hydroxylation is 2. The van der Waals surface area contributed by atoms with Gasteiger partial charge in [-0.05, 0) is 42.5 Å². The van der Waals surface area contributed by atoms with Crippen molar-refractivity contribution in [3.8, 4) is 0 Å². The summed E-state index contributed by atoms with van der Waals surface area (Å²) < 4.78 is 6.01. The number of anilines is 1. The SMILES string of the molecule is Cc1ccc2oc3c(c(=O)c2c1)[C@@H](c1ccc(C(C)(C)C)cc1)N(c1nnc(C)s1)C3=O. The fourth-order valence-electron chi connectivity index (χ4n) is 4.15. The molecule has 2 aromatic heterocycles. The Hall–Kier alpha value is -3.32. The number of rotatable bonds is 2. The van der Waals surface area contributed by atoms with E-state index in [9.17, 15) is 9.59 Å². The Morgan fingerprint density at radius 3 is 2.34 bits per heavy atom. The van der Waals surface area contributed by atoms with Gasteiger partial charge in [0.25, 0.3) is 5.91 Å². The maximum atomic E-state index is 13.6. The summed E-state index contributed by atoms with van der Waals surface area (Å²) in [6, 6.07) is 12.9. The first kappa shape index (κ1) is 20.6. The van der Waals surface area contributed by atoms with Crippen LogP contribution in [0.4, 0.5) is 5.13 Å². The highest BCUT2D eigenvalue weighted by Crippen LogP contribution is 2.42. The van der Waals surface area contributed by atoms with Crippen molar-refractivity contribution in [2.45, 2.75) is 46.1 Å². The maximum absolute atomic E-state index is 13.6. The maximum Gasteiger partial charge on any atom is 0.297 e. The molecule has 2 aromatic carbocycles. The summed E-state index contributed by atoms with van der Waals surface area (Å²) in [5.41, 5.74) is 3.52. The third-order valence-corrected chi connectivity index (χ3v) is 6.68. The molecule has 0 bridgehead atoms. The number of hydrogen-bond acceptors (Lipinski definition) is 6. The molecule has 0 saturated carbocycles. The lowest BCUT2D eigenvalue weighted by Crippen LogP contribution is -2.29. The zero-order valence-corrected chi connectivity index (χ0v) is 19.4. The molecule has 162 valence electrons. The molecule has 4 aromatic rings. The van der Waals surface area contributed by atoms with Crippen molar-refractivity contribution in [1.82, 2.24) is 10.2 Å². The Kier molecular flexibility index (Phi) is 4.57. The molecule has 32 heavy (non-hydrogen) atoms. The van der Waals surface area contributed by atoms with Crippen LogP contribution in [0.2, 0.25) is 0 Å². The first-order valence-electron chi connectivity index (χ1n) is 10.5. The quantitative estimate of drug-likeness (QED) is 0.418. The number of fused-ring (bicyclic) bond motifs is 2. The molecule has 3 heterocycles. The van der Waals surface area contributed by atoms with Crippen molar-refractivity contribution >= 4 is 33.3 Å². The molecule has 0 spiro atoms. The van der Waals surface area contributed by atoms with Gasteiger partial charge in [0.1, 0.15) is 10.6 Å². The molecule has 0 radical (unpaired) electrons. The lowest BCUT2D eigenvalue weighted by molar-refractivity contribution is 0.0970. The predicted molar refractivity (Wildman–Crippen MR) is 126 cm³/mol. The van der Waals surface area contributed by atoms with Crippen LogP contribution in [0.15, 0.2) is 51.7 Å². The number of carbonyl (C=O) groups excluding carboxylic acids is 1. The Morgan fingerprint density at radius 1 is 1.00 bits per heavy atom. The van der Waals surface area contributed by atoms with Crippen LogP contribution in [-0.2, 0) is 5.41 Å². The van der Waals surface area contributed by atoms with Crippen LogP contribution in [0, 0.1) is 13.8 Å². The van der Waals surface area contributed by atoms with E-state index in [-0.39, 0.29) is 22.5 Å². The summed E-state index contributed by atoms with van der Waals surface area (Å²) in [6.07, 6.45) is 0. The highest BCUT2D eigenvalue weighted by Gasteiger charge is 2.45.